The van der Waals surface area contributed by atoms with Crippen LogP contribution in [0.25, 0.3) is 10.2 Å². The van der Waals surface area contributed by atoms with Crippen molar-refractivity contribution in [1.82, 2.24) is 29.5 Å². The van der Waals surface area contributed by atoms with Gasteiger partial charge in [-0.15, -0.1) is 11.3 Å². The molecule has 0 radical (unpaired) electrons. The maximum absolute atomic E-state index is 13.5. The number of amides is 1. The van der Waals surface area contributed by atoms with Gasteiger partial charge >= 0.3 is 0 Å². The van der Waals surface area contributed by atoms with Crippen LogP contribution < -0.4 is 5.32 Å². The highest BCUT2D eigenvalue weighted by Crippen LogP contribution is 2.38. The molecule has 1 aliphatic heterocycles. The summed E-state index contributed by atoms with van der Waals surface area (Å²) >= 11 is 7.51. The van der Waals surface area contributed by atoms with Gasteiger partial charge in [0.05, 0.1) is 22.6 Å². The maximum Gasteiger partial charge on any atom is 0.246 e. The average molecular weight is 526 g/mol. The minimum absolute atomic E-state index is 0.00238. The zero-order chi connectivity index (χ0) is 25.2. The molecule has 0 saturated carbocycles. The standard InChI is InChI=1S/C25H25ClFN7OS/c1-32(13-17-7-9-30-33(17)2)10-3-4-22(35)34-11-8-18-21(14-34)36-25-23(18)24(28-15-29-25)31-16-5-6-20(27)19(26)12-16/h3-7,9,12,15H,8,10-11,13-14H2,1-2H3,(H,28,29,31)/b4-3+. The summed E-state index contributed by atoms with van der Waals surface area (Å²) in [6.07, 6.45) is 7.56. The summed E-state index contributed by atoms with van der Waals surface area (Å²) in [4.78, 5) is 27.7. The van der Waals surface area contributed by atoms with Gasteiger partial charge in [-0.1, -0.05) is 17.7 Å². The minimum atomic E-state index is -0.471. The van der Waals surface area contributed by atoms with E-state index in [2.05, 4.69) is 25.3 Å². The first-order valence-electron chi connectivity index (χ1n) is 11.5. The Morgan fingerprint density at radius 3 is 2.97 bits per heavy atom. The molecular formula is C25H25ClFN7OS. The number of nitrogens with zero attached hydrogens (tertiary/aromatic N) is 6. The molecule has 11 heteroatoms. The molecule has 8 nitrogen and oxygen atoms in total. The molecule has 1 aliphatic rings. The first kappa shape index (κ1) is 24.4. The molecule has 4 aromatic rings. The van der Waals surface area contributed by atoms with Crippen LogP contribution in [0.1, 0.15) is 16.1 Å². The summed E-state index contributed by atoms with van der Waals surface area (Å²) in [5.41, 5.74) is 2.91. The second kappa shape index (κ2) is 10.3. The lowest BCUT2D eigenvalue weighted by Crippen LogP contribution is -2.34. The van der Waals surface area contributed by atoms with Crippen molar-refractivity contribution >= 4 is 50.6 Å². The number of halogens is 2. The van der Waals surface area contributed by atoms with Crippen molar-refractivity contribution < 1.29 is 9.18 Å². The Morgan fingerprint density at radius 2 is 2.19 bits per heavy atom. The molecule has 0 aliphatic carbocycles. The van der Waals surface area contributed by atoms with E-state index in [1.807, 2.05) is 35.8 Å². The second-order valence-corrected chi connectivity index (χ2v) is 10.2. The molecule has 1 aromatic carbocycles. The van der Waals surface area contributed by atoms with E-state index in [0.29, 0.717) is 37.6 Å². The van der Waals surface area contributed by atoms with E-state index >= 15 is 0 Å². The zero-order valence-electron chi connectivity index (χ0n) is 19.9. The SMILES string of the molecule is CN(C/C=C/C(=O)N1CCc2c(sc3ncnc(Nc4ccc(F)c(Cl)c4)c23)C1)Cc1ccnn1C. The number of aryl methyl sites for hydroxylation is 1. The third-order valence-electron chi connectivity index (χ3n) is 6.16. The lowest BCUT2D eigenvalue weighted by atomic mass is 10.0. The molecule has 0 unspecified atom stereocenters. The largest absolute Gasteiger partial charge is 0.340 e. The Hall–Kier alpha value is -3.34. The Morgan fingerprint density at radius 1 is 1.33 bits per heavy atom. The molecule has 0 saturated heterocycles. The first-order valence-corrected chi connectivity index (χ1v) is 12.7. The molecule has 1 amide bonds. The van der Waals surface area contributed by atoms with Crippen LogP contribution in [0.4, 0.5) is 15.9 Å². The lowest BCUT2D eigenvalue weighted by molar-refractivity contribution is -0.126. The normalized spacial score (nSPS) is 13.6. The van der Waals surface area contributed by atoms with Crippen molar-refractivity contribution in [3.05, 3.63) is 75.9 Å². The predicted molar refractivity (Wildman–Crippen MR) is 140 cm³/mol. The van der Waals surface area contributed by atoms with Crippen LogP contribution in [-0.4, -0.2) is 55.6 Å². The Balaban J connectivity index is 1.26. The quantitative estimate of drug-likeness (QED) is 0.357. The van der Waals surface area contributed by atoms with Crippen molar-refractivity contribution in [2.24, 2.45) is 7.05 Å². The van der Waals surface area contributed by atoms with E-state index in [1.165, 1.54) is 18.5 Å². The lowest BCUT2D eigenvalue weighted by Gasteiger charge is -2.26. The molecule has 36 heavy (non-hydrogen) atoms. The Labute approximate surface area is 217 Å². The van der Waals surface area contributed by atoms with Gasteiger partial charge in [-0.2, -0.15) is 5.10 Å². The van der Waals surface area contributed by atoms with Gasteiger partial charge in [0.25, 0.3) is 0 Å². The van der Waals surface area contributed by atoms with E-state index in [1.54, 1.807) is 29.7 Å². The number of carbonyl (C=O) groups is 1. The number of benzene rings is 1. The monoisotopic (exact) mass is 525 g/mol. The van der Waals surface area contributed by atoms with E-state index in [-0.39, 0.29) is 10.9 Å². The van der Waals surface area contributed by atoms with Crippen LogP contribution >= 0.6 is 22.9 Å². The van der Waals surface area contributed by atoms with Crippen molar-refractivity contribution in [3.8, 4) is 0 Å². The number of anilines is 2. The molecule has 0 spiro atoms. The van der Waals surface area contributed by atoms with E-state index in [4.69, 9.17) is 11.6 Å². The number of aromatic nitrogens is 4. The fourth-order valence-electron chi connectivity index (χ4n) is 4.26. The molecule has 186 valence electrons. The Kier molecular flexibility index (Phi) is 6.99. The summed E-state index contributed by atoms with van der Waals surface area (Å²) in [6, 6.07) is 6.46. The van der Waals surface area contributed by atoms with Crippen molar-refractivity contribution in [1.29, 1.82) is 0 Å². The van der Waals surface area contributed by atoms with Crippen molar-refractivity contribution in [2.45, 2.75) is 19.5 Å². The third-order valence-corrected chi connectivity index (χ3v) is 7.58. The van der Waals surface area contributed by atoms with E-state index < -0.39 is 5.82 Å². The molecule has 5 rings (SSSR count). The van der Waals surface area contributed by atoms with Crippen LogP contribution in [0.15, 0.2) is 48.9 Å². The van der Waals surface area contributed by atoms with Crippen molar-refractivity contribution in [2.75, 3.05) is 25.5 Å². The van der Waals surface area contributed by atoms with Gasteiger partial charge in [0, 0.05) is 49.5 Å². The second-order valence-electron chi connectivity index (χ2n) is 8.72. The summed E-state index contributed by atoms with van der Waals surface area (Å²) in [5.74, 6) is 0.176. The fourth-order valence-corrected chi connectivity index (χ4v) is 5.64. The van der Waals surface area contributed by atoms with E-state index in [0.717, 1.165) is 32.9 Å². The predicted octanol–water partition coefficient (Wildman–Crippen LogP) is 4.53. The molecular weight excluding hydrogens is 501 g/mol. The zero-order valence-corrected chi connectivity index (χ0v) is 21.5. The number of nitrogens with one attached hydrogen (secondary N) is 1. The summed E-state index contributed by atoms with van der Waals surface area (Å²) < 4.78 is 15.4. The number of hydrogen-bond acceptors (Lipinski definition) is 7. The summed E-state index contributed by atoms with van der Waals surface area (Å²) in [7, 11) is 3.93. The van der Waals surface area contributed by atoms with Crippen LogP contribution in [0.5, 0.6) is 0 Å². The highest BCUT2D eigenvalue weighted by molar-refractivity contribution is 7.19. The fraction of sp³-hybridized carbons (Fsp3) is 0.280. The number of rotatable bonds is 7. The summed E-state index contributed by atoms with van der Waals surface area (Å²) in [5, 5.41) is 8.42. The van der Waals surface area contributed by atoms with Crippen LogP contribution in [0.2, 0.25) is 5.02 Å². The van der Waals surface area contributed by atoms with Gasteiger partial charge in [0.1, 0.15) is 22.8 Å². The van der Waals surface area contributed by atoms with Crippen molar-refractivity contribution in [3.63, 3.8) is 0 Å². The number of fused-ring (bicyclic) bond motifs is 3. The highest BCUT2D eigenvalue weighted by Gasteiger charge is 2.25. The smallest absolute Gasteiger partial charge is 0.246 e. The van der Waals surface area contributed by atoms with Crippen LogP contribution in [0.3, 0.4) is 0 Å². The number of carbonyl (C=O) groups excluding carboxylic acids is 1. The third kappa shape index (κ3) is 5.11. The first-order chi connectivity index (χ1) is 17.4. The van der Waals surface area contributed by atoms with Gasteiger partial charge in [0.15, 0.2) is 0 Å². The molecule has 0 bridgehead atoms. The van der Waals surface area contributed by atoms with E-state index in [9.17, 15) is 9.18 Å². The van der Waals surface area contributed by atoms with Gasteiger partial charge in [-0.3, -0.25) is 14.4 Å². The highest BCUT2D eigenvalue weighted by atomic mass is 35.5. The van der Waals surface area contributed by atoms with Gasteiger partial charge in [0.2, 0.25) is 5.91 Å². The maximum atomic E-state index is 13.5. The minimum Gasteiger partial charge on any atom is -0.340 e. The van der Waals surface area contributed by atoms with Crippen LogP contribution in [-0.2, 0) is 31.4 Å². The number of hydrogen-bond donors (Lipinski definition) is 1. The number of likely N-dealkylation sites (N-methyl/N-ethyl adjacent to an activating group) is 1. The molecule has 4 heterocycles. The molecule has 3 aromatic heterocycles. The van der Waals surface area contributed by atoms with Crippen LogP contribution in [0, 0.1) is 5.82 Å². The topological polar surface area (TPSA) is 79.2 Å². The van der Waals surface area contributed by atoms with Gasteiger partial charge in [-0.05, 0) is 43.3 Å². The Bertz CT molecular complexity index is 1450. The average Bonchev–Trinajstić information content (AvgIpc) is 3.44. The van der Waals surface area contributed by atoms with Gasteiger partial charge in [-0.25, -0.2) is 14.4 Å². The molecule has 1 N–H and O–H groups in total. The molecule has 0 atom stereocenters. The molecule has 0 fully saturated rings. The number of thiophene rings is 1. The summed E-state index contributed by atoms with van der Waals surface area (Å²) in [6.45, 7) is 2.57. The van der Waals surface area contributed by atoms with Gasteiger partial charge < -0.3 is 10.2 Å².